The van der Waals surface area contributed by atoms with E-state index in [4.69, 9.17) is 37.8 Å². The molecule has 0 aliphatic heterocycles. The summed E-state index contributed by atoms with van der Waals surface area (Å²) in [4.78, 5) is 11.1. The Morgan fingerprint density at radius 3 is 2.53 bits per heavy atom. The average Bonchev–Trinajstić information content (AvgIpc) is 3.46. The second-order valence-electron chi connectivity index (χ2n) is 8.79. The van der Waals surface area contributed by atoms with Crippen molar-refractivity contribution in [2.45, 2.75) is 45.7 Å². The normalized spacial score (nSPS) is 11.0. The van der Waals surface area contributed by atoms with Crippen LogP contribution in [-0.2, 0) is 30.7 Å². The molecule has 0 amide bonds. The molecule has 0 aliphatic rings. The quantitative estimate of drug-likeness (QED) is 0.194. The molecular formula is C28H30Cl2N4O4. The molecule has 4 aromatic rings. The Labute approximate surface area is 231 Å². The van der Waals surface area contributed by atoms with Crippen LogP contribution < -0.4 is 9.47 Å². The molecule has 8 nitrogen and oxygen atoms in total. The third kappa shape index (κ3) is 7.76. The lowest BCUT2D eigenvalue weighted by atomic mass is 10.2. The van der Waals surface area contributed by atoms with E-state index < -0.39 is 5.97 Å². The Morgan fingerprint density at radius 2 is 1.79 bits per heavy atom. The van der Waals surface area contributed by atoms with E-state index in [0.717, 1.165) is 28.8 Å². The Hall–Kier alpha value is -3.49. The number of benzene rings is 2. The molecule has 1 N–H and O–H groups in total. The molecule has 0 spiro atoms. The van der Waals surface area contributed by atoms with Gasteiger partial charge in [0.05, 0.1) is 32.7 Å². The van der Waals surface area contributed by atoms with Gasteiger partial charge in [-0.25, -0.2) is 0 Å². The minimum Gasteiger partial charge on any atom is -0.481 e. The number of ether oxygens (including phenoxy) is 2. The van der Waals surface area contributed by atoms with Crippen molar-refractivity contribution in [2.24, 2.45) is 0 Å². The smallest absolute Gasteiger partial charge is 0.303 e. The molecule has 0 bridgehead atoms. The van der Waals surface area contributed by atoms with Gasteiger partial charge < -0.3 is 14.6 Å². The van der Waals surface area contributed by atoms with Gasteiger partial charge in [-0.1, -0.05) is 59.6 Å². The van der Waals surface area contributed by atoms with Crippen molar-refractivity contribution in [2.75, 3.05) is 13.2 Å². The average molecular weight is 557 g/mol. The Balaban J connectivity index is 1.37. The van der Waals surface area contributed by atoms with Gasteiger partial charge in [-0.05, 0) is 49.4 Å². The summed E-state index contributed by atoms with van der Waals surface area (Å²) in [5, 5.41) is 19.5. The molecule has 0 atom stereocenters. The van der Waals surface area contributed by atoms with Crippen molar-refractivity contribution in [1.29, 1.82) is 0 Å². The van der Waals surface area contributed by atoms with Crippen LogP contribution in [-0.4, -0.2) is 43.9 Å². The fourth-order valence-corrected chi connectivity index (χ4v) is 4.52. The molecule has 4 rings (SSSR count). The van der Waals surface area contributed by atoms with Crippen LogP contribution in [0.1, 0.15) is 42.1 Å². The highest BCUT2D eigenvalue weighted by atomic mass is 35.5. The van der Waals surface area contributed by atoms with Gasteiger partial charge >= 0.3 is 5.97 Å². The summed E-state index contributed by atoms with van der Waals surface area (Å²) >= 11 is 12.3. The highest BCUT2D eigenvalue weighted by Gasteiger charge is 2.14. The highest BCUT2D eigenvalue weighted by Crippen LogP contribution is 2.24. The van der Waals surface area contributed by atoms with Crippen LogP contribution in [0.2, 0.25) is 10.0 Å². The van der Waals surface area contributed by atoms with Crippen molar-refractivity contribution in [3.05, 3.63) is 93.2 Å². The zero-order valence-corrected chi connectivity index (χ0v) is 22.7. The number of carboxylic acid groups (broad SMARTS) is 1. The first kappa shape index (κ1) is 27.5. The first-order chi connectivity index (χ1) is 18.4. The van der Waals surface area contributed by atoms with Gasteiger partial charge in [-0.15, -0.1) is 10.2 Å². The predicted molar refractivity (Wildman–Crippen MR) is 147 cm³/mol. The second kappa shape index (κ2) is 13.3. The number of aryl methyl sites for hydroxylation is 2. The van der Waals surface area contributed by atoms with Crippen LogP contribution in [0.4, 0.5) is 0 Å². The molecular weight excluding hydrogens is 527 g/mol. The first-order valence-corrected chi connectivity index (χ1v) is 13.2. The van der Waals surface area contributed by atoms with Gasteiger partial charge in [0.2, 0.25) is 11.8 Å². The molecule has 0 unspecified atom stereocenters. The van der Waals surface area contributed by atoms with Gasteiger partial charge in [0.1, 0.15) is 0 Å². The number of halogens is 2. The van der Waals surface area contributed by atoms with Gasteiger partial charge in [0, 0.05) is 33.6 Å². The zero-order valence-electron chi connectivity index (χ0n) is 21.1. The predicted octanol–water partition coefficient (Wildman–Crippen LogP) is 5.91. The third-order valence-corrected chi connectivity index (χ3v) is 6.47. The second-order valence-corrected chi connectivity index (χ2v) is 9.63. The van der Waals surface area contributed by atoms with E-state index >= 15 is 0 Å². The third-order valence-electron chi connectivity index (χ3n) is 5.88. The van der Waals surface area contributed by atoms with E-state index in [0.29, 0.717) is 61.0 Å². The monoisotopic (exact) mass is 556 g/mol. The summed E-state index contributed by atoms with van der Waals surface area (Å²) in [6.45, 7) is 3.94. The maximum Gasteiger partial charge on any atom is 0.303 e. The maximum atomic E-state index is 11.1. The van der Waals surface area contributed by atoms with E-state index in [2.05, 4.69) is 10.2 Å². The molecule has 0 fully saturated rings. The standard InChI is InChI=1S/C28H30Cl2N4O4/c1-2-37-28-22(19-33(32-28)18-21-10-11-23(29)15-25(21)30)9-6-14-38-26-16-24(12-13-27(35)36)34(31-26)17-20-7-4-3-5-8-20/h3-5,7-8,10-11,15-16,19H,2,6,9,12-14,17-18H2,1H3,(H,35,36). The van der Waals surface area contributed by atoms with E-state index in [9.17, 15) is 4.79 Å². The number of hydrogen-bond acceptors (Lipinski definition) is 5. The highest BCUT2D eigenvalue weighted by molar-refractivity contribution is 6.35. The number of hydrogen-bond donors (Lipinski definition) is 1. The van der Waals surface area contributed by atoms with Crippen molar-refractivity contribution in [3.63, 3.8) is 0 Å². The molecule has 38 heavy (non-hydrogen) atoms. The van der Waals surface area contributed by atoms with Crippen molar-refractivity contribution in [1.82, 2.24) is 19.6 Å². The molecule has 0 saturated carbocycles. The van der Waals surface area contributed by atoms with Crippen LogP contribution in [0, 0.1) is 0 Å². The minimum absolute atomic E-state index is 0.0331. The fourth-order valence-electron chi connectivity index (χ4n) is 4.05. The molecule has 10 heteroatoms. The lowest BCUT2D eigenvalue weighted by Gasteiger charge is -2.06. The number of rotatable bonds is 14. The minimum atomic E-state index is -0.844. The van der Waals surface area contributed by atoms with Crippen molar-refractivity contribution >= 4 is 29.2 Å². The van der Waals surface area contributed by atoms with Crippen LogP contribution in [0.15, 0.2) is 60.8 Å². The molecule has 0 saturated heterocycles. The van der Waals surface area contributed by atoms with E-state index in [1.807, 2.05) is 71.0 Å². The molecule has 2 aromatic heterocycles. The van der Waals surface area contributed by atoms with Crippen LogP contribution in [0.5, 0.6) is 11.8 Å². The summed E-state index contributed by atoms with van der Waals surface area (Å²) in [6, 6.07) is 17.2. The number of nitrogens with zero attached hydrogens (tertiary/aromatic N) is 4. The Bertz CT molecular complexity index is 1350. The number of carbonyl (C=O) groups is 1. The maximum absolute atomic E-state index is 11.1. The molecule has 200 valence electrons. The summed E-state index contributed by atoms with van der Waals surface area (Å²) in [5.74, 6) is 0.240. The Kier molecular flexibility index (Phi) is 9.67. The van der Waals surface area contributed by atoms with Gasteiger partial charge in [0.15, 0.2) is 0 Å². The zero-order chi connectivity index (χ0) is 26.9. The fraction of sp³-hybridized carbons (Fsp3) is 0.321. The van der Waals surface area contributed by atoms with Gasteiger partial charge in [0.25, 0.3) is 0 Å². The molecule has 2 heterocycles. The molecule has 0 aliphatic carbocycles. The first-order valence-electron chi connectivity index (χ1n) is 12.5. The van der Waals surface area contributed by atoms with Crippen LogP contribution in [0.3, 0.4) is 0 Å². The summed E-state index contributed by atoms with van der Waals surface area (Å²) in [6.07, 6.45) is 3.82. The number of aromatic nitrogens is 4. The van der Waals surface area contributed by atoms with Crippen LogP contribution in [0.25, 0.3) is 0 Å². The van der Waals surface area contributed by atoms with E-state index in [1.54, 1.807) is 6.07 Å². The van der Waals surface area contributed by atoms with Crippen LogP contribution >= 0.6 is 23.2 Å². The Morgan fingerprint density at radius 1 is 0.974 bits per heavy atom. The SMILES string of the molecule is CCOc1nn(Cc2ccc(Cl)cc2Cl)cc1CCCOc1cc(CCC(=O)O)n(Cc2ccccc2)n1. The largest absolute Gasteiger partial charge is 0.481 e. The lowest BCUT2D eigenvalue weighted by Crippen LogP contribution is -2.08. The number of carboxylic acids is 1. The van der Waals surface area contributed by atoms with E-state index in [1.165, 1.54) is 0 Å². The molecule has 0 radical (unpaired) electrons. The summed E-state index contributed by atoms with van der Waals surface area (Å²) < 4.78 is 15.3. The van der Waals surface area contributed by atoms with Gasteiger partial charge in [-0.2, -0.15) is 0 Å². The van der Waals surface area contributed by atoms with Gasteiger partial charge in [-0.3, -0.25) is 14.2 Å². The number of aliphatic carboxylic acids is 1. The molecule has 2 aromatic carbocycles. The van der Waals surface area contributed by atoms with Crippen molar-refractivity contribution in [3.8, 4) is 11.8 Å². The topological polar surface area (TPSA) is 91.4 Å². The summed E-state index contributed by atoms with van der Waals surface area (Å²) in [7, 11) is 0. The van der Waals surface area contributed by atoms with Crippen molar-refractivity contribution < 1.29 is 19.4 Å². The van der Waals surface area contributed by atoms with E-state index in [-0.39, 0.29) is 6.42 Å². The lowest BCUT2D eigenvalue weighted by molar-refractivity contribution is -0.137. The summed E-state index contributed by atoms with van der Waals surface area (Å²) in [5.41, 5.74) is 3.81.